The van der Waals surface area contributed by atoms with Crippen LogP contribution >= 0.6 is 11.6 Å². The Kier molecular flexibility index (Phi) is 3.77. The lowest BCUT2D eigenvalue weighted by atomic mass is 10.2. The highest BCUT2D eigenvalue weighted by Gasteiger charge is 2.11. The first-order valence-corrected chi connectivity index (χ1v) is 6.07. The number of aromatic nitrogens is 2. The van der Waals surface area contributed by atoms with Gasteiger partial charge in [-0.05, 0) is 25.1 Å². The Labute approximate surface area is 112 Å². The lowest BCUT2D eigenvalue weighted by Gasteiger charge is -2.17. The first-order valence-electron chi connectivity index (χ1n) is 5.70. The summed E-state index contributed by atoms with van der Waals surface area (Å²) >= 11 is 6.16. The number of nitrogens with one attached hydrogen (secondary N) is 1. The van der Waals surface area contributed by atoms with Gasteiger partial charge in [0.1, 0.15) is 5.75 Å². The SMILES string of the molecule is COc1ccc(Cl)c(NC(C)c2ccnn2C)c1. The number of benzene rings is 1. The zero-order chi connectivity index (χ0) is 13.1. The highest BCUT2D eigenvalue weighted by atomic mass is 35.5. The van der Waals surface area contributed by atoms with Gasteiger partial charge in [0.05, 0.1) is 29.6 Å². The van der Waals surface area contributed by atoms with Crippen molar-refractivity contribution in [1.82, 2.24) is 9.78 Å². The standard InChI is InChI=1S/C13H16ClN3O/c1-9(13-6-7-15-17(13)2)16-12-8-10(18-3)4-5-11(12)14/h4-9,16H,1-3H3. The number of anilines is 1. The Bertz CT molecular complexity index is 539. The number of halogens is 1. The number of hydrogen-bond donors (Lipinski definition) is 1. The summed E-state index contributed by atoms with van der Waals surface area (Å²) in [7, 11) is 3.55. The zero-order valence-corrected chi connectivity index (χ0v) is 11.4. The van der Waals surface area contributed by atoms with Gasteiger partial charge in [-0.3, -0.25) is 4.68 Å². The second kappa shape index (κ2) is 5.31. The van der Waals surface area contributed by atoms with Crippen LogP contribution in [0.1, 0.15) is 18.7 Å². The maximum absolute atomic E-state index is 6.16. The molecule has 0 bridgehead atoms. The molecule has 5 heteroatoms. The fourth-order valence-corrected chi connectivity index (χ4v) is 2.03. The summed E-state index contributed by atoms with van der Waals surface area (Å²) in [5.41, 5.74) is 1.94. The number of hydrogen-bond acceptors (Lipinski definition) is 3. The lowest BCUT2D eigenvalue weighted by molar-refractivity contribution is 0.415. The Morgan fingerprint density at radius 1 is 1.39 bits per heavy atom. The molecule has 18 heavy (non-hydrogen) atoms. The first-order chi connectivity index (χ1) is 8.61. The molecule has 1 aromatic carbocycles. The van der Waals surface area contributed by atoms with Crippen LogP contribution in [-0.4, -0.2) is 16.9 Å². The smallest absolute Gasteiger partial charge is 0.121 e. The third kappa shape index (κ3) is 2.59. The summed E-state index contributed by atoms with van der Waals surface area (Å²) < 4.78 is 7.03. The van der Waals surface area contributed by atoms with Crippen LogP contribution in [0, 0.1) is 0 Å². The molecule has 1 atom stereocenters. The molecule has 1 unspecified atom stereocenters. The highest BCUT2D eigenvalue weighted by Crippen LogP contribution is 2.29. The van der Waals surface area contributed by atoms with Crippen molar-refractivity contribution in [1.29, 1.82) is 0 Å². The van der Waals surface area contributed by atoms with Crippen LogP contribution in [-0.2, 0) is 7.05 Å². The second-order valence-electron chi connectivity index (χ2n) is 4.09. The van der Waals surface area contributed by atoms with E-state index in [1.807, 2.05) is 36.0 Å². The van der Waals surface area contributed by atoms with Gasteiger partial charge in [-0.1, -0.05) is 11.6 Å². The van der Waals surface area contributed by atoms with Gasteiger partial charge in [0, 0.05) is 19.3 Å². The monoisotopic (exact) mass is 265 g/mol. The van der Waals surface area contributed by atoms with Gasteiger partial charge >= 0.3 is 0 Å². The molecule has 0 spiro atoms. The van der Waals surface area contributed by atoms with Crippen LogP contribution in [0.3, 0.4) is 0 Å². The van der Waals surface area contributed by atoms with Gasteiger partial charge in [0.15, 0.2) is 0 Å². The summed E-state index contributed by atoms with van der Waals surface area (Å²) in [6, 6.07) is 7.63. The van der Waals surface area contributed by atoms with E-state index in [0.717, 1.165) is 17.1 Å². The molecule has 0 aliphatic carbocycles. The Morgan fingerprint density at radius 2 is 2.17 bits per heavy atom. The molecule has 1 N–H and O–H groups in total. The third-order valence-corrected chi connectivity index (χ3v) is 3.18. The Morgan fingerprint density at radius 3 is 2.78 bits per heavy atom. The predicted molar refractivity (Wildman–Crippen MR) is 73.2 cm³/mol. The van der Waals surface area contributed by atoms with Gasteiger partial charge < -0.3 is 10.1 Å². The van der Waals surface area contributed by atoms with Crippen molar-refractivity contribution in [3.8, 4) is 5.75 Å². The molecule has 0 saturated carbocycles. The van der Waals surface area contributed by atoms with E-state index in [4.69, 9.17) is 16.3 Å². The van der Waals surface area contributed by atoms with E-state index in [2.05, 4.69) is 17.3 Å². The van der Waals surface area contributed by atoms with Gasteiger partial charge in [-0.25, -0.2) is 0 Å². The average molecular weight is 266 g/mol. The molecule has 0 aliphatic heterocycles. The molecule has 0 saturated heterocycles. The summed E-state index contributed by atoms with van der Waals surface area (Å²) in [5.74, 6) is 0.777. The van der Waals surface area contributed by atoms with Crippen molar-refractivity contribution in [2.45, 2.75) is 13.0 Å². The first kappa shape index (κ1) is 12.8. The van der Waals surface area contributed by atoms with E-state index < -0.39 is 0 Å². The molecule has 2 rings (SSSR count). The zero-order valence-electron chi connectivity index (χ0n) is 10.6. The van der Waals surface area contributed by atoms with E-state index in [0.29, 0.717) is 5.02 Å². The third-order valence-electron chi connectivity index (χ3n) is 2.85. The predicted octanol–water partition coefficient (Wildman–Crippen LogP) is 3.26. The van der Waals surface area contributed by atoms with Crippen molar-refractivity contribution >= 4 is 17.3 Å². The molecular weight excluding hydrogens is 250 g/mol. The van der Waals surface area contributed by atoms with Gasteiger partial charge in [0.25, 0.3) is 0 Å². The van der Waals surface area contributed by atoms with Crippen LogP contribution in [0.2, 0.25) is 5.02 Å². The van der Waals surface area contributed by atoms with Crippen molar-refractivity contribution in [3.63, 3.8) is 0 Å². The van der Waals surface area contributed by atoms with Crippen LogP contribution in [0.15, 0.2) is 30.5 Å². The molecule has 4 nitrogen and oxygen atoms in total. The minimum atomic E-state index is 0.113. The fourth-order valence-electron chi connectivity index (χ4n) is 1.86. The van der Waals surface area contributed by atoms with Crippen LogP contribution in [0.5, 0.6) is 5.75 Å². The summed E-state index contributed by atoms with van der Waals surface area (Å²) in [5, 5.41) is 8.18. The van der Waals surface area contributed by atoms with Crippen LogP contribution in [0.4, 0.5) is 5.69 Å². The normalized spacial score (nSPS) is 12.2. The van der Waals surface area contributed by atoms with E-state index in [1.54, 1.807) is 13.3 Å². The van der Waals surface area contributed by atoms with Gasteiger partial charge in [-0.2, -0.15) is 5.10 Å². The summed E-state index contributed by atoms with van der Waals surface area (Å²) in [6.45, 7) is 2.06. The van der Waals surface area contributed by atoms with Crippen molar-refractivity contribution in [2.75, 3.05) is 12.4 Å². The minimum absolute atomic E-state index is 0.113. The molecule has 2 aromatic rings. The minimum Gasteiger partial charge on any atom is -0.497 e. The van der Waals surface area contributed by atoms with E-state index >= 15 is 0 Å². The van der Waals surface area contributed by atoms with E-state index in [1.165, 1.54) is 0 Å². The number of rotatable bonds is 4. The molecule has 0 aliphatic rings. The molecule has 1 heterocycles. The lowest BCUT2D eigenvalue weighted by Crippen LogP contribution is -2.11. The molecule has 0 radical (unpaired) electrons. The molecule has 1 aromatic heterocycles. The average Bonchev–Trinajstić information content (AvgIpc) is 2.78. The number of methoxy groups -OCH3 is 1. The van der Waals surface area contributed by atoms with Crippen molar-refractivity contribution in [2.24, 2.45) is 7.05 Å². The van der Waals surface area contributed by atoms with E-state index in [-0.39, 0.29) is 6.04 Å². The van der Waals surface area contributed by atoms with Gasteiger partial charge in [0.2, 0.25) is 0 Å². The summed E-state index contributed by atoms with van der Waals surface area (Å²) in [6.07, 6.45) is 1.78. The largest absolute Gasteiger partial charge is 0.497 e. The quantitative estimate of drug-likeness (QED) is 0.922. The van der Waals surface area contributed by atoms with Crippen molar-refractivity contribution < 1.29 is 4.74 Å². The molecule has 96 valence electrons. The number of aryl methyl sites for hydroxylation is 1. The van der Waals surface area contributed by atoms with E-state index in [9.17, 15) is 0 Å². The maximum atomic E-state index is 6.16. The molecule has 0 fully saturated rings. The molecular formula is C13H16ClN3O. The van der Waals surface area contributed by atoms with Crippen molar-refractivity contribution in [3.05, 3.63) is 41.2 Å². The Hall–Kier alpha value is -1.68. The molecule has 0 amide bonds. The van der Waals surface area contributed by atoms with Crippen LogP contribution in [0.25, 0.3) is 0 Å². The Balaban J connectivity index is 2.21. The van der Waals surface area contributed by atoms with Gasteiger partial charge in [-0.15, -0.1) is 0 Å². The fraction of sp³-hybridized carbons (Fsp3) is 0.308. The maximum Gasteiger partial charge on any atom is 0.121 e. The topological polar surface area (TPSA) is 39.1 Å². The number of ether oxygens (including phenoxy) is 1. The highest BCUT2D eigenvalue weighted by molar-refractivity contribution is 6.33. The summed E-state index contributed by atoms with van der Waals surface area (Å²) in [4.78, 5) is 0. The second-order valence-corrected chi connectivity index (χ2v) is 4.50. The number of nitrogens with zero attached hydrogens (tertiary/aromatic N) is 2. The van der Waals surface area contributed by atoms with Crippen LogP contribution < -0.4 is 10.1 Å².